The monoisotopic (exact) mass is 183 g/mol. The Morgan fingerprint density at radius 1 is 1.23 bits per heavy atom. The van der Waals surface area contributed by atoms with Gasteiger partial charge in [-0.25, -0.2) is 0 Å². The van der Waals surface area contributed by atoms with Crippen molar-refractivity contribution in [3.05, 3.63) is 0 Å². The van der Waals surface area contributed by atoms with Gasteiger partial charge in [-0.3, -0.25) is 0 Å². The first kappa shape index (κ1) is 9.47. The van der Waals surface area contributed by atoms with Gasteiger partial charge in [-0.05, 0) is 50.5 Å². The second-order valence-electron chi connectivity index (χ2n) is 4.61. The first-order valence-corrected chi connectivity index (χ1v) is 5.69. The first-order chi connectivity index (χ1) is 6.37. The maximum absolute atomic E-state index is 5.88. The molecule has 13 heavy (non-hydrogen) atoms. The van der Waals surface area contributed by atoms with Gasteiger partial charge in [0.25, 0.3) is 0 Å². The smallest absolute Gasteiger partial charge is 0.0631 e. The van der Waals surface area contributed by atoms with Gasteiger partial charge in [0.15, 0.2) is 0 Å². The van der Waals surface area contributed by atoms with Crippen molar-refractivity contribution >= 4 is 0 Å². The lowest BCUT2D eigenvalue weighted by molar-refractivity contribution is -0.107. The number of nitrogens with two attached hydrogens (primary N) is 1. The highest BCUT2D eigenvalue weighted by Crippen LogP contribution is 2.49. The van der Waals surface area contributed by atoms with Gasteiger partial charge in [0, 0.05) is 6.61 Å². The maximum Gasteiger partial charge on any atom is 0.0631 e. The van der Waals surface area contributed by atoms with E-state index in [9.17, 15) is 0 Å². The molecular weight excluding hydrogens is 162 g/mol. The minimum absolute atomic E-state index is 0.495. The summed E-state index contributed by atoms with van der Waals surface area (Å²) in [6.45, 7) is 1.82. The highest BCUT2D eigenvalue weighted by Gasteiger charge is 2.44. The van der Waals surface area contributed by atoms with E-state index in [0.29, 0.717) is 11.5 Å². The minimum atomic E-state index is 0.495. The van der Waals surface area contributed by atoms with Crippen molar-refractivity contribution < 1.29 is 4.74 Å². The largest absolute Gasteiger partial charge is 0.378 e. The molecule has 1 saturated carbocycles. The zero-order valence-corrected chi connectivity index (χ0v) is 8.43. The van der Waals surface area contributed by atoms with Crippen LogP contribution in [0.25, 0.3) is 0 Å². The Kier molecular flexibility index (Phi) is 2.89. The molecule has 1 saturated heterocycles. The van der Waals surface area contributed by atoms with Crippen LogP contribution in [0.15, 0.2) is 0 Å². The quantitative estimate of drug-likeness (QED) is 0.727. The van der Waals surface area contributed by atoms with Crippen LogP contribution >= 0.6 is 0 Å². The molecule has 2 N–H and O–H groups in total. The number of ether oxygens (including phenoxy) is 1. The van der Waals surface area contributed by atoms with Gasteiger partial charge >= 0.3 is 0 Å². The lowest BCUT2D eigenvalue weighted by atomic mass is 9.62. The van der Waals surface area contributed by atoms with Crippen LogP contribution in [0.4, 0.5) is 0 Å². The van der Waals surface area contributed by atoms with E-state index in [4.69, 9.17) is 10.5 Å². The number of hydrogen-bond acceptors (Lipinski definition) is 2. The lowest BCUT2D eigenvalue weighted by Gasteiger charge is -2.49. The fraction of sp³-hybridized carbons (Fsp3) is 1.00. The van der Waals surface area contributed by atoms with Gasteiger partial charge in [0.2, 0.25) is 0 Å². The Bertz CT molecular complexity index is 159. The van der Waals surface area contributed by atoms with Crippen LogP contribution in [0.2, 0.25) is 0 Å². The Hall–Kier alpha value is -0.0800. The molecule has 1 aliphatic carbocycles. The topological polar surface area (TPSA) is 35.2 Å². The predicted octanol–water partition coefficient (Wildman–Crippen LogP) is 2.07. The van der Waals surface area contributed by atoms with E-state index in [1.807, 2.05) is 0 Å². The van der Waals surface area contributed by atoms with Crippen molar-refractivity contribution in [3.8, 4) is 0 Å². The van der Waals surface area contributed by atoms with E-state index in [1.165, 1.54) is 44.9 Å². The Balaban J connectivity index is 1.93. The van der Waals surface area contributed by atoms with E-state index in [2.05, 4.69) is 0 Å². The average molecular weight is 183 g/mol. The molecule has 2 heteroatoms. The fourth-order valence-electron chi connectivity index (χ4n) is 2.88. The van der Waals surface area contributed by atoms with Crippen molar-refractivity contribution in [1.29, 1.82) is 0 Å². The van der Waals surface area contributed by atoms with Crippen molar-refractivity contribution in [2.75, 3.05) is 13.2 Å². The fourth-order valence-corrected chi connectivity index (χ4v) is 2.88. The molecule has 76 valence electrons. The van der Waals surface area contributed by atoms with E-state index < -0.39 is 0 Å². The molecule has 1 aliphatic heterocycles. The van der Waals surface area contributed by atoms with Gasteiger partial charge in [0.05, 0.1) is 6.10 Å². The number of hydrogen-bond donors (Lipinski definition) is 1. The third-order valence-corrected chi connectivity index (χ3v) is 3.85. The first-order valence-electron chi connectivity index (χ1n) is 5.69. The van der Waals surface area contributed by atoms with Crippen LogP contribution in [0.1, 0.15) is 44.9 Å². The van der Waals surface area contributed by atoms with E-state index in [0.717, 1.165) is 13.2 Å². The van der Waals surface area contributed by atoms with Crippen molar-refractivity contribution in [2.24, 2.45) is 11.1 Å². The Morgan fingerprint density at radius 2 is 2.08 bits per heavy atom. The molecule has 2 aliphatic rings. The van der Waals surface area contributed by atoms with Crippen molar-refractivity contribution in [3.63, 3.8) is 0 Å². The summed E-state index contributed by atoms with van der Waals surface area (Å²) in [4.78, 5) is 0. The highest BCUT2D eigenvalue weighted by atomic mass is 16.5. The molecule has 0 aromatic rings. The summed E-state index contributed by atoms with van der Waals surface area (Å²) in [6.07, 6.45) is 9.71. The summed E-state index contributed by atoms with van der Waals surface area (Å²) in [5.41, 5.74) is 6.17. The maximum atomic E-state index is 5.88. The summed E-state index contributed by atoms with van der Waals surface area (Å²) in [7, 11) is 0. The highest BCUT2D eigenvalue weighted by molar-refractivity contribution is 4.95. The standard InChI is InChI=1S/C11H21NO/c12-8-7-11(5-3-6-11)10-4-1-2-9-13-10/h10H,1-9,12H2. The molecule has 2 rings (SSSR count). The molecule has 2 nitrogen and oxygen atoms in total. The summed E-state index contributed by atoms with van der Waals surface area (Å²) < 4.78 is 5.88. The van der Waals surface area contributed by atoms with Gasteiger partial charge < -0.3 is 10.5 Å². The molecule has 0 radical (unpaired) electrons. The van der Waals surface area contributed by atoms with Gasteiger partial charge in [-0.15, -0.1) is 0 Å². The molecule has 1 heterocycles. The lowest BCUT2D eigenvalue weighted by Crippen LogP contribution is -2.45. The normalized spacial score (nSPS) is 32.5. The second kappa shape index (κ2) is 3.97. The molecule has 0 amide bonds. The van der Waals surface area contributed by atoms with Crippen LogP contribution in [0.3, 0.4) is 0 Å². The van der Waals surface area contributed by atoms with Crippen molar-refractivity contribution in [2.45, 2.75) is 51.0 Å². The molecule has 0 aromatic heterocycles. The molecule has 1 atom stereocenters. The van der Waals surface area contributed by atoms with Crippen molar-refractivity contribution in [1.82, 2.24) is 0 Å². The average Bonchev–Trinajstić information content (AvgIpc) is 2.13. The molecule has 1 unspecified atom stereocenters. The van der Waals surface area contributed by atoms with E-state index in [1.54, 1.807) is 0 Å². The zero-order valence-electron chi connectivity index (χ0n) is 8.43. The van der Waals surface area contributed by atoms with E-state index >= 15 is 0 Å². The molecule has 0 aromatic carbocycles. The SMILES string of the molecule is NCCC1(C2CCCCO2)CCC1. The van der Waals surface area contributed by atoms with Crippen LogP contribution in [0, 0.1) is 5.41 Å². The predicted molar refractivity (Wildman–Crippen MR) is 53.5 cm³/mol. The Labute approximate surface area is 80.8 Å². The second-order valence-corrected chi connectivity index (χ2v) is 4.61. The molecule has 0 spiro atoms. The summed E-state index contributed by atoms with van der Waals surface area (Å²) in [6, 6.07) is 0. The van der Waals surface area contributed by atoms with Crippen LogP contribution in [0.5, 0.6) is 0 Å². The van der Waals surface area contributed by atoms with Gasteiger partial charge in [-0.1, -0.05) is 6.42 Å². The summed E-state index contributed by atoms with van der Waals surface area (Å²) in [5, 5.41) is 0. The molecule has 2 fully saturated rings. The van der Waals surface area contributed by atoms with Crippen LogP contribution in [-0.2, 0) is 4.74 Å². The minimum Gasteiger partial charge on any atom is -0.378 e. The van der Waals surface area contributed by atoms with E-state index in [-0.39, 0.29) is 0 Å². The van der Waals surface area contributed by atoms with Gasteiger partial charge in [-0.2, -0.15) is 0 Å². The van der Waals surface area contributed by atoms with Crippen LogP contribution in [-0.4, -0.2) is 19.3 Å². The summed E-state index contributed by atoms with van der Waals surface area (Å²) >= 11 is 0. The third kappa shape index (κ3) is 1.75. The third-order valence-electron chi connectivity index (χ3n) is 3.85. The summed E-state index contributed by atoms with van der Waals surface area (Å²) in [5.74, 6) is 0. The molecule has 0 bridgehead atoms. The Morgan fingerprint density at radius 3 is 2.54 bits per heavy atom. The van der Waals surface area contributed by atoms with Crippen LogP contribution < -0.4 is 5.73 Å². The van der Waals surface area contributed by atoms with Gasteiger partial charge in [0.1, 0.15) is 0 Å². The number of rotatable bonds is 3. The molecular formula is C11H21NO. The zero-order chi connectivity index (χ0) is 9.15.